The number of nitrogens with zero attached hydrogens (tertiary/aromatic N) is 3. The highest BCUT2D eigenvalue weighted by atomic mass is 19.4. The maximum absolute atomic E-state index is 12.9. The molecular formula is C17H18F3N3O. The average Bonchev–Trinajstić information content (AvgIpc) is 2.55. The molecule has 0 atom stereocenters. The summed E-state index contributed by atoms with van der Waals surface area (Å²) in [6, 6.07) is 7.88. The van der Waals surface area contributed by atoms with E-state index in [2.05, 4.69) is 4.98 Å². The molecule has 2 rings (SSSR count). The minimum atomic E-state index is -4.46. The van der Waals surface area contributed by atoms with Crippen molar-refractivity contribution < 1.29 is 18.0 Å². The van der Waals surface area contributed by atoms with Crippen LogP contribution in [0.1, 0.15) is 15.9 Å². The van der Waals surface area contributed by atoms with Crippen molar-refractivity contribution in [3.8, 4) is 0 Å². The van der Waals surface area contributed by atoms with E-state index in [-0.39, 0.29) is 18.1 Å². The lowest BCUT2D eigenvalue weighted by molar-refractivity contribution is -0.137. The Balaban J connectivity index is 2.38. The first-order valence-corrected chi connectivity index (χ1v) is 7.33. The highest BCUT2D eigenvalue weighted by Gasteiger charge is 2.31. The Labute approximate surface area is 138 Å². The molecule has 1 heterocycles. The topological polar surface area (TPSA) is 36.4 Å². The highest BCUT2D eigenvalue weighted by Crippen LogP contribution is 2.32. The van der Waals surface area contributed by atoms with E-state index in [1.807, 2.05) is 19.0 Å². The van der Waals surface area contributed by atoms with E-state index in [0.717, 1.165) is 12.1 Å². The molecule has 1 amide bonds. The lowest BCUT2D eigenvalue weighted by atomic mass is 10.1. The number of benzene rings is 1. The molecule has 0 fully saturated rings. The van der Waals surface area contributed by atoms with Gasteiger partial charge in [-0.05, 0) is 44.4 Å². The van der Waals surface area contributed by atoms with Gasteiger partial charge in [0.2, 0.25) is 0 Å². The maximum atomic E-state index is 12.9. The van der Waals surface area contributed by atoms with Crippen LogP contribution in [0, 0.1) is 0 Å². The Morgan fingerprint density at radius 1 is 1.08 bits per heavy atom. The number of pyridine rings is 1. The zero-order valence-corrected chi connectivity index (χ0v) is 13.4. The van der Waals surface area contributed by atoms with Gasteiger partial charge in [-0.15, -0.1) is 0 Å². The van der Waals surface area contributed by atoms with Gasteiger partial charge in [-0.3, -0.25) is 9.78 Å². The number of hydrogen-bond acceptors (Lipinski definition) is 3. The molecule has 1 aromatic carbocycles. The van der Waals surface area contributed by atoms with Crippen molar-refractivity contribution in [2.45, 2.75) is 6.18 Å². The van der Waals surface area contributed by atoms with Crippen LogP contribution >= 0.6 is 0 Å². The minimum Gasteiger partial charge on any atom is -0.308 e. The van der Waals surface area contributed by atoms with Gasteiger partial charge in [0.15, 0.2) is 0 Å². The largest absolute Gasteiger partial charge is 0.416 e. The first-order chi connectivity index (χ1) is 11.3. The predicted molar refractivity (Wildman–Crippen MR) is 85.9 cm³/mol. The summed E-state index contributed by atoms with van der Waals surface area (Å²) in [5, 5.41) is 0. The number of amides is 1. The van der Waals surface area contributed by atoms with Crippen molar-refractivity contribution in [2.75, 3.05) is 32.1 Å². The molecule has 128 valence electrons. The van der Waals surface area contributed by atoms with Crippen molar-refractivity contribution in [1.82, 2.24) is 9.88 Å². The number of carbonyl (C=O) groups excluding carboxylic acids is 1. The predicted octanol–water partition coefficient (Wildman–Crippen LogP) is 3.31. The van der Waals surface area contributed by atoms with E-state index in [0.29, 0.717) is 12.1 Å². The maximum Gasteiger partial charge on any atom is 0.416 e. The molecule has 0 saturated heterocycles. The molecule has 0 saturated carbocycles. The Morgan fingerprint density at radius 3 is 2.33 bits per heavy atom. The van der Waals surface area contributed by atoms with Gasteiger partial charge in [-0.2, -0.15) is 13.2 Å². The number of rotatable bonds is 5. The quantitative estimate of drug-likeness (QED) is 0.840. The second kappa shape index (κ2) is 7.44. The number of likely N-dealkylation sites (N-methyl/N-ethyl adjacent to an activating group) is 1. The van der Waals surface area contributed by atoms with Crippen molar-refractivity contribution in [3.63, 3.8) is 0 Å². The number of hydrogen-bond donors (Lipinski definition) is 0. The van der Waals surface area contributed by atoms with Gasteiger partial charge in [0.25, 0.3) is 5.91 Å². The second-order valence-corrected chi connectivity index (χ2v) is 5.54. The van der Waals surface area contributed by atoms with E-state index in [1.54, 1.807) is 12.1 Å². The average molecular weight is 337 g/mol. The Hall–Kier alpha value is -2.41. The smallest absolute Gasteiger partial charge is 0.308 e. The molecule has 0 aliphatic rings. The summed E-state index contributed by atoms with van der Waals surface area (Å²) in [7, 11) is 3.67. The van der Waals surface area contributed by atoms with Gasteiger partial charge >= 0.3 is 6.18 Å². The molecular weight excluding hydrogens is 319 g/mol. The summed E-state index contributed by atoms with van der Waals surface area (Å²) in [6.45, 7) is 0.794. The molecule has 0 aliphatic carbocycles. The molecule has 2 aromatic rings. The third kappa shape index (κ3) is 4.55. The fourth-order valence-corrected chi connectivity index (χ4v) is 2.15. The fourth-order valence-electron chi connectivity index (χ4n) is 2.15. The number of aromatic nitrogens is 1. The summed E-state index contributed by atoms with van der Waals surface area (Å²) in [5.41, 5.74) is -0.188. The van der Waals surface area contributed by atoms with Crippen LogP contribution in [0.25, 0.3) is 0 Å². The van der Waals surface area contributed by atoms with Crippen LogP contribution in [-0.4, -0.2) is 43.0 Å². The zero-order chi connectivity index (χ0) is 17.7. The van der Waals surface area contributed by atoms with E-state index < -0.39 is 11.7 Å². The van der Waals surface area contributed by atoms with E-state index in [1.165, 1.54) is 29.4 Å². The molecule has 0 spiro atoms. The van der Waals surface area contributed by atoms with Crippen molar-refractivity contribution in [3.05, 3.63) is 59.9 Å². The van der Waals surface area contributed by atoms with E-state index in [9.17, 15) is 18.0 Å². The van der Waals surface area contributed by atoms with Crippen LogP contribution in [0.3, 0.4) is 0 Å². The molecule has 4 nitrogen and oxygen atoms in total. The van der Waals surface area contributed by atoms with Gasteiger partial charge < -0.3 is 9.80 Å². The second-order valence-electron chi connectivity index (χ2n) is 5.54. The van der Waals surface area contributed by atoms with Gasteiger partial charge in [0.1, 0.15) is 0 Å². The van der Waals surface area contributed by atoms with Crippen LogP contribution in [0.4, 0.5) is 18.9 Å². The third-order valence-electron chi connectivity index (χ3n) is 3.43. The molecule has 7 heteroatoms. The van der Waals surface area contributed by atoms with Crippen molar-refractivity contribution in [1.29, 1.82) is 0 Å². The standard InChI is InChI=1S/C17H18F3N3O/c1-22(2)10-11-23(16(24)13-6-8-21-9-7-13)15-5-3-4-14(12-15)17(18,19)20/h3-9,12H,10-11H2,1-2H3. The molecule has 0 N–H and O–H groups in total. The van der Waals surface area contributed by atoms with Crippen molar-refractivity contribution >= 4 is 11.6 Å². The lowest BCUT2D eigenvalue weighted by Crippen LogP contribution is -2.37. The number of anilines is 1. The van der Waals surface area contributed by atoms with Crippen molar-refractivity contribution in [2.24, 2.45) is 0 Å². The Bertz CT molecular complexity index is 687. The first kappa shape index (κ1) is 17.9. The molecule has 0 bridgehead atoms. The van der Waals surface area contributed by atoms with Gasteiger partial charge in [0.05, 0.1) is 5.56 Å². The van der Waals surface area contributed by atoms with Crippen LogP contribution in [0.5, 0.6) is 0 Å². The summed E-state index contributed by atoms with van der Waals surface area (Å²) >= 11 is 0. The highest BCUT2D eigenvalue weighted by molar-refractivity contribution is 6.06. The van der Waals surface area contributed by atoms with Crippen LogP contribution < -0.4 is 4.90 Å². The van der Waals surface area contributed by atoms with Gasteiger partial charge in [-0.1, -0.05) is 6.07 Å². The summed E-state index contributed by atoms with van der Waals surface area (Å²) in [6.07, 6.45) is -1.50. The number of halogens is 3. The van der Waals surface area contributed by atoms with Gasteiger partial charge in [0, 0.05) is 36.7 Å². The number of alkyl halides is 3. The zero-order valence-electron chi connectivity index (χ0n) is 13.4. The normalized spacial score (nSPS) is 11.6. The Morgan fingerprint density at radius 2 is 1.75 bits per heavy atom. The summed E-state index contributed by atoms with van der Waals surface area (Å²) < 4.78 is 38.8. The van der Waals surface area contributed by atoms with Crippen LogP contribution in [0.15, 0.2) is 48.8 Å². The molecule has 0 aliphatic heterocycles. The summed E-state index contributed by atoms with van der Waals surface area (Å²) in [5.74, 6) is -0.362. The number of carbonyl (C=O) groups is 1. The first-order valence-electron chi connectivity index (χ1n) is 7.33. The van der Waals surface area contributed by atoms with Crippen LogP contribution in [-0.2, 0) is 6.18 Å². The van der Waals surface area contributed by atoms with E-state index >= 15 is 0 Å². The third-order valence-corrected chi connectivity index (χ3v) is 3.43. The van der Waals surface area contributed by atoms with Crippen LogP contribution in [0.2, 0.25) is 0 Å². The molecule has 0 radical (unpaired) electrons. The summed E-state index contributed by atoms with van der Waals surface area (Å²) in [4.78, 5) is 19.8. The Kier molecular flexibility index (Phi) is 5.56. The fraction of sp³-hybridized carbons (Fsp3) is 0.294. The lowest BCUT2D eigenvalue weighted by Gasteiger charge is -2.25. The van der Waals surface area contributed by atoms with Gasteiger partial charge in [-0.25, -0.2) is 0 Å². The molecule has 24 heavy (non-hydrogen) atoms. The molecule has 1 aromatic heterocycles. The monoisotopic (exact) mass is 337 g/mol. The molecule has 0 unspecified atom stereocenters. The van der Waals surface area contributed by atoms with E-state index in [4.69, 9.17) is 0 Å². The SMILES string of the molecule is CN(C)CCN(C(=O)c1ccncc1)c1cccc(C(F)(F)F)c1. The minimum absolute atomic E-state index is 0.216.